The molecular weight excluding hydrogens is 374 g/mol. The third kappa shape index (κ3) is 2.85. The van der Waals surface area contributed by atoms with Crippen molar-refractivity contribution in [1.82, 2.24) is 5.32 Å². The van der Waals surface area contributed by atoms with Crippen LogP contribution in [0.3, 0.4) is 0 Å². The minimum absolute atomic E-state index is 0.0122. The van der Waals surface area contributed by atoms with Crippen LogP contribution in [0.2, 0.25) is 0 Å². The minimum Gasteiger partial charge on any atom is -0.374 e. The van der Waals surface area contributed by atoms with Crippen LogP contribution in [0.25, 0.3) is 0 Å². The van der Waals surface area contributed by atoms with Crippen LogP contribution in [0.15, 0.2) is 35.7 Å². The first kappa shape index (κ1) is 18.9. The predicted molar refractivity (Wildman–Crippen MR) is 110 cm³/mol. The summed E-state index contributed by atoms with van der Waals surface area (Å²) in [6.45, 7) is 0.288. The van der Waals surface area contributed by atoms with Crippen LogP contribution in [0, 0.1) is 16.7 Å². The molecule has 5 nitrogen and oxygen atoms in total. The second-order valence-electron chi connectivity index (χ2n) is 9.61. The molecule has 4 fully saturated rings. The number of aliphatic hydroxyl groups is 1. The molecule has 1 aromatic rings. The van der Waals surface area contributed by atoms with Gasteiger partial charge in [0, 0.05) is 30.7 Å². The molecule has 6 rings (SSSR count). The topological polar surface area (TPSA) is 71.4 Å². The van der Waals surface area contributed by atoms with Gasteiger partial charge in [0.25, 0.3) is 0 Å². The zero-order chi connectivity index (χ0) is 20.4. The fourth-order valence-electron chi connectivity index (χ4n) is 6.85. The summed E-state index contributed by atoms with van der Waals surface area (Å²) in [5.41, 5.74) is -1.60. The maximum atomic E-state index is 15.5. The van der Waals surface area contributed by atoms with Crippen molar-refractivity contribution >= 4 is 17.6 Å². The second-order valence-corrected chi connectivity index (χ2v) is 9.61. The molecular formula is C22H28F2N4O. The van der Waals surface area contributed by atoms with Crippen LogP contribution in [0.5, 0.6) is 0 Å². The van der Waals surface area contributed by atoms with Crippen LogP contribution in [-0.2, 0) is 0 Å². The van der Waals surface area contributed by atoms with Crippen molar-refractivity contribution in [3.05, 3.63) is 35.7 Å². The molecule has 0 amide bonds. The van der Waals surface area contributed by atoms with Gasteiger partial charge in [0.05, 0.1) is 17.9 Å². The van der Waals surface area contributed by atoms with Crippen molar-refractivity contribution in [1.29, 1.82) is 5.41 Å². The lowest BCUT2D eigenvalue weighted by atomic mass is 9.46. The number of para-hydroxylation sites is 2. The number of nitrogens with zero attached hydrogens (tertiary/aromatic N) is 1. The molecule has 3 unspecified atom stereocenters. The van der Waals surface area contributed by atoms with Crippen LogP contribution in [0.1, 0.15) is 38.5 Å². The Labute approximate surface area is 169 Å². The van der Waals surface area contributed by atoms with E-state index in [9.17, 15) is 5.11 Å². The van der Waals surface area contributed by atoms with Gasteiger partial charge in [0.1, 0.15) is 23.4 Å². The van der Waals surface area contributed by atoms with Crippen molar-refractivity contribution in [2.75, 3.05) is 23.8 Å². The third-order valence-electron chi connectivity index (χ3n) is 7.38. The maximum Gasteiger partial charge on any atom is 0.133 e. The summed E-state index contributed by atoms with van der Waals surface area (Å²) in [7, 11) is 1.78. The Morgan fingerprint density at radius 3 is 2.52 bits per heavy atom. The molecule has 4 bridgehead atoms. The molecule has 4 aliphatic carbocycles. The largest absolute Gasteiger partial charge is 0.374 e. The van der Waals surface area contributed by atoms with Crippen LogP contribution >= 0.6 is 0 Å². The van der Waals surface area contributed by atoms with Gasteiger partial charge in [-0.05, 0) is 50.2 Å². The number of hydrogen-bond donors (Lipinski definition) is 4. The van der Waals surface area contributed by atoms with Crippen molar-refractivity contribution in [2.24, 2.45) is 11.3 Å². The molecule has 29 heavy (non-hydrogen) atoms. The number of fused-ring (bicyclic) bond motifs is 1. The zero-order valence-electron chi connectivity index (χ0n) is 16.6. The Morgan fingerprint density at radius 1 is 1.21 bits per heavy atom. The highest BCUT2D eigenvalue weighted by molar-refractivity contribution is 5.84. The zero-order valence-corrected chi connectivity index (χ0v) is 16.6. The van der Waals surface area contributed by atoms with Gasteiger partial charge in [-0.2, -0.15) is 0 Å². The highest BCUT2D eigenvalue weighted by atomic mass is 19.2. The lowest BCUT2D eigenvalue weighted by molar-refractivity contribution is -0.205. The van der Waals surface area contributed by atoms with Gasteiger partial charge in [0.15, 0.2) is 0 Å². The summed E-state index contributed by atoms with van der Waals surface area (Å²) in [6.07, 6.45) is 2.11. The van der Waals surface area contributed by atoms with Gasteiger partial charge < -0.3 is 26.0 Å². The van der Waals surface area contributed by atoms with Gasteiger partial charge in [0.2, 0.25) is 0 Å². The van der Waals surface area contributed by atoms with E-state index in [0.29, 0.717) is 30.7 Å². The number of rotatable bonds is 4. The number of anilines is 2. The Balaban J connectivity index is 1.58. The molecule has 1 aliphatic heterocycles. The first-order chi connectivity index (χ1) is 13.8. The Kier molecular flexibility index (Phi) is 4.01. The van der Waals surface area contributed by atoms with E-state index in [2.05, 4.69) is 10.6 Å². The molecule has 4 N–H and O–H groups in total. The third-order valence-corrected chi connectivity index (χ3v) is 7.38. The molecule has 1 aromatic carbocycles. The van der Waals surface area contributed by atoms with Crippen molar-refractivity contribution in [3.63, 3.8) is 0 Å². The van der Waals surface area contributed by atoms with Gasteiger partial charge in [-0.3, -0.25) is 0 Å². The minimum atomic E-state index is -1.52. The molecule has 0 aromatic heterocycles. The smallest absolute Gasteiger partial charge is 0.133 e. The van der Waals surface area contributed by atoms with Crippen molar-refractivity contribution < 1.29 is 13.9 Å². The monoisotopic (exact) mass is 402 g/mol. The molecule has 0 saturated heterocycles. The number of benzene rings is 1. The van der Waals surface area contributed by atoms with Crippen molar-refractivity contribution in [2.45, 2.75) is 56.1 Å². The number of alkyl halides is 2. The molecule has 0 spiro atoms. The van der Waals surface area contributed by atoms with Gasteiger partial charge in [-0.1, -0.05) is 12.1 Å². The van der Waals surface area contributed by atoms with E-state index in [0.717, 1.165) is 11.4 Å². The Morgan fingerprint density at radius 2 is 1.90 bits per heavy atom. The molecule has 0 radical (unpaired) electrons. The molecule has 3 atom stereocenters. The van der Waals surface area contributed by atoms with E-state index in [-0.39, 0.29) is 31.7 Å². The van der Waals surface area contributed by atoms with Gasteiger partial charge in [-0.15, -0.1) is 0 Å². The van der Waals surface area contributed by atoms with Gasteiger partial charge in [-0.25, -0.2) is 8.78 Å². The first-order valence-corrected chi connectivity index (χ1v) is 10.4. The fourth-order valence-corrected chi connectivity index (χ4v) is 6.85. The Bertz CT molecular complexity index is 869. The molecule has 7 heteroatoms. The summed E-state index contributed by atoms with van der Waals surface area (Å²) in [5, 5.41) is 25.9. The summed E-state index contributed by atoms with van der Waals surface area (Å²) in [4.78, 5) is 1.83. The van der Waals surface area contributed by atoms with Crippen LogP contribution < -0.4 is 15.5 Å². The number of nitrogens with one attached hydrogen (secondary N) is 3. The average molecular weight is 402 g/mol. The van der Waals surface area contributed by atoms with E-state index in [4.69, 9.17) is 5.41 Å². The van der Waals surface area contributed by atoms with Crippen molar-refractivity contribution in [3.8, 4) is 0 Å². The number of aliphatic hydroxyl groups excluding tert-OH is 1. The van der Waals surface area contributed by atoms with Crippen LogP contribution in [-0.4, -0.2) is 42.5 Å². The SMILES string of the molecule is CNC1=C(C=N)CN(C(O)C23CC4CC(F)(CC(F)(C4)C2)C3)c2ccccc2N1. The van der Waals surface area contributed by atoms with E-state index in [1.807, 2.05) is 29.2 Å². The first-order valence-electron chi connectivity index (χ1n) is 10.4. The van der Waals surface area contributed by atoms with E-state index >= 15 is 8.78 Å². The molecule has 5 aliphatic rings. The molecule has 156 valence electrons. The highest BCUT2D eigenvalue weighted by Crippen LogP contribution is 2.67. The second kappa shape index (κ2) is 6.17. The summed E-state index contributed by atoms with van der Waals surface area (Å²) >= 11 is 0. The van der Waals surface area contributed by atoms with Gasteiger partial charge >= 0.3 is 0 Å². The molecule has 1 heterocycles. The quantitative estimate of drug-likeness (QED) is 0.580. The lowest BCUT2D eigenvalue weighted by Gasteiger charge is -2.63. The number of halogens is 2. The normalized spacial score (nSPS) is 38.9. The van der Waals surface area contributed by atoms with E-state index < -0.39 is 23.0 Å². The molecule has 4 saturated carbocycles. The fraction of sp³-hybridized carbons (Fsp3) is 0.591. The van der Waals surface area contributed by atoms with E-state index in [1.165, 1.54) is 6.21 Å². The number of hydrogen-bond acceptors (Lipinski definition) is 5. The lowest BCUT2D eigenvalue weighted by Crippen LogP contribution is -2.65. The Hall–Kier alpha value is -2.15. The summed E-state index contributed by atoms with van der Waals surface area (Å²) in [6, 6.07) is 7.60. The highest BCUT2D eigenvalue weighted by Gasteiger charge is 2.67. The maximum absolute atomic E-state index is 15.5. The van der Waals surface area contributed by atoms with Crippen LogP contribution in [0.4, 0.5) is 20.2 Å². The predicted octanol–water partition coefficient (Wildman–Crippen LogP) is 3.72. The standard InChI is InChI=1S/C22H28F2N4O/c1-26-18-15(9-25)10-28(17-5-3-2-4-16(17)27-18)19(29)20-6-14-7-21(23,11-20)13-22(24,8-14)12-20/h2-5,9,14,19,25-27,29H,6-8,10-13H2,1H3. The summed E-state index contributed by atoms with van der Waals surface area (Å²) < 4.78 is 31.0. The van der Waals surface area contributed by atoms with E-state index in [1.54, 1.807) is 7.05 Å². The average Bonchev–Trinajstić information content (AvgIpc) is 2.81. The summed E-state index contributed by atoms with van der Waals surface area (Å²) in [5.74, 6) is 0.679.